The van der Waals surface area contributed by atoms with Crippen molar-refractivity contribution in [2.45, 2.75) is 69.1 Å². The quantitative estimate of drug-likeness (QED) is 0.131. The molecule has 3 amide bonds. The molecule has 0 unspecified atom stereocenters. The lowest BCUT2D eigenvalue weighted by Gasteiger charge is -2.37. The van der Waals surface area contributed by atoms with Gasteiger partial charge in [0.05, 0.1) is 59.7 Å². The van der Waals surface area contributed by atoms with Gasteiger partial charge in [-0.1, -0.05) is 49.5 Å². The molecule has 7 rings (SSSR count). The molecule has 3 heterocycles. The van der Waals surface area contributed by atoms with Crippen LogP contribution in [0.4, 0.5) is 17.1 Å². The van der Waals surface area contributed by atoms with Gasteiger partial charge in [-0.05, 0) is 90.7 Å². The van der Waals surface area contributed by atoms with Crippen molar-refractivity contribution in [1.82, 2.24) is 4.90 Å². The van der Waals surface area contributed by atoms with E-state index < -0.39 is 19.8 Å². The monoisotopic (exact) mass is 762 g/mol. The third-order valence-electron chi connectivity index (χ3n) is 12.1. The van der Waals surface area contributed by atoms with Crippen LogP contribution in [-0.4, -0.2) is 75.3 Å². The molecular weight excluding hydrogens is 713 g/mol. The molecule has 288 valence electrons. The fraction of sp³-hybridized carbons (Fsp3) is 0.372. The summed E-state index contributed by atoms with van der Waals surface area (Å²) in [5.41, 5.74) is 8.30. The third-order valence-corrected chi connectivity index (χ3v) is 16.4. The molecule has 0 aliphatic carbocycles. The van der Waals surface area contributed by atoms with E-state index >= 15 is 4.79 Å². The molecule has 2 fully saturated rings. The van der Waals surface area contributed by atoms with Crippen LogP contribution in [0.2, 0.25) is 18.6 Å². The summed E-state index contributed by atoms with van der Waals surface area (Å²) in [5, 5.41) is 14.2. The number of amides is 3. The summed E-state index contributed by atoms with van der Waals surface area (Å²) in [6.07, 6.45) is 1.16. The fourth-order valence-electron chi connectivity index (χ4n) is 9.13. The van der Waals surface area contributed by atoms with E-state index in [0.717, 1.165) is 35.4 Å². The highest BCUT2D eigenvalue weighted by Gasteiger charge is 2.66. The summed E-state index contributed by atoms with van der Waals surface area (Å²) >= 11 is 0. The minimum absolute atomic E-state index is 0.0629. The number of methoxy groups -OCH3 is 2. The maximum atomic E-state index is 15.2. The van der Waals surface area contributed by atoms with Crippen LogP contribution >= 0.6 is 0 Å². The van der Waals surface area contributed by atoms with Crippen molar-refractivity contribution >= 4 is 48.0 Å². The number of anilines is 3. The molecule has 3 aliphatic heterocycles. The van der Waals surface area contributed by atoms with Crippen molar-refractivity contribution in [3.05, 3.63) is 108 Å². The van der Waals surface area contributed by atoms with Gasteiger partial charge in [0.1, 0.15) is 11.5 Å². The highest BCUT2D eigenvalue weighted by Crippen LogP contribution is 2.60. The van der Waals surface area contributed by atoms with Gasteiger partial charge < -0.3 is 40.2 Å². The van der Waals surface area contributed by atoms with Gasteiger partial charge in [0.2, 0.25) is 5.91 Å². The Morgan fingerprint density at radius 3 is 2.29 bits per heavy atom. The number of hydrogen-bond donors (Lipinski definition) is 3. The summed E-state index contributed by atoms with van der Waals surface area (Å²) in [7, 11) is 0.756. The number of carbonyl (C=O) groups is 3. The zero-order valence-electron chi connectivity index (χ0n) is 32.1. The van der Waals surface area contributed by atoms with Crippen molar-refractivity contribution in [2.75, 3.05) is 43.3 Å². The van der Waals surface area contributed by atoms with Crippen LogP contribution in [0.15, 0.2) is 91.0 Å². The van der Waals surface area contributed by atoms with Gasteiger partial charge in [0.25, 0.3) is 11.8 Å². The number of nitrogen functional groups attached to an aromatic ring is 1. The maximum absolute atomic E-state index is 15.2. The second-order valence-electron chi connectivity index (χ2n) is 15.5. The highest BCUT2D eigenvalue weighted by atomic mass is 28.3. The molecular formula is C43H50N4O7Si. The standard InChI is InChI=1S/C43H50N4O7Si/c1-27-40(55(4,5)35-19-16-33(52-2)17-20-35)38(24-39(49)46-22-6-7-32(46)26-48)54-43(27)36-23-34(53-3)18-21-37(36)47(42(43)51)25-28-8-14-31(15-9-28)45-41(50)29-10-12-30(44)13-11-29/h8-21,23,27,32,38,40,48H,6-7,22,24-26,44H2,1-5H3,(H,45,50)/t27-,32-,38+,40-,43+/m0/s1. The molecule has 55 heavy (non-hydrogen) atoms. The number of hydrogen-bond acceptors (Lipinski definition) is 8. The number of benzene rings is 4. The van der Waals surface area contributed by atoms with Crippen molar-refractivity contribution in [3.63, 3.8) is 0 Å². The summed E-state index contributed by atoms with van der Waals surface area (Å²) in [6.45, 7) is 7.46. The van der Waals surface area contributed by atoms with E-state index in [4.69, 9.17) is 19.9 Å². The molecule has 3 aliphatic rings. The molecule has 4 N–H and O–H groups in total. The zero-order valence-corrected chi connectivity index (χ0v) is 33.1. The van der Waals surface area contributed by atoms with Crippen molar-refractivity contribution < 1.29 is 33.7 Å². The average molecular weight is 763 g/mol. The lowest BCUT2D eigenvalue weighted by molar-refractivity contribution is -0.150. The van der Waals surface area contributed by atoms with Crippen molar-refractivity contribution in [1.29, 1.82) is 0 Å². The average Bonchev–Trinajstić information content (AvgIpc) is 3.86. The number of nitrogens with one attached hydrogen (secondary N) is 1. The SMILES string of the molecule is COc1ccc([Si](C)(C)[C@@H]2[C@@H](CC(=O)N3CCC[C@H]3CO)O[C@]3(C(=O)N(Cc4ccc(NC(=O)c5ccc(N)cc5)cc4)c4ccc(OC)cc43)[C@H]2C)cc1. The number of ether oxygens (including phenoxy) is 3. The number of aliphatic hydroxyl groups excluding tert-OH is 1. The number of fused-ring (bicyclic) bond motifs is 2. The van der Waals surface area contributed by atoms with E-state index in [2.05, 4.69) is 37.5 Å². The van der Waals surface area contributed by atoms with Crippen LogP contribution in [-0.2, 0) is 26.5 Å². The van der Waals surface area contributed by atoms with E-state index in [1.54, 1.807) is 48.3 Å². The smallest absolute Gasteiger partial charge is 0.264 e. The Hall–Kier alpha value is -5.17. The summed E-state index contributed by atoms with van der Waals surface area (Å²) < 4.78 is 18.4. The van der Waals surface area contributed by atoms with Crippen LogP contribution in [0.1, 0.15) is 47.7 Å². The number of aliphatic hydroxyl groups is 1. The number of rotatable bonds is 11. The number of likely N-dealkylation sites (tertiary alicyclic amines) is 1. The summed E-state index contributed by atoms with van der Waals surface area (Å²) in [5.74, 6) is 0.562. The highest BCUT2D eigenvalue weighted by molar-refractivity contribution is 6.91. The Kier molecular flexibility index (Phi) is 10.5. The molecule has 4 aromatic rings. The fourth-order valence-corrected chi connectivity index (χ4v) is 13.1. The first-order chi connectivity index (χ1) is 26.4. The first-order valence-electron chi connectivity index (χ1n) is 18.9. The van der Waals surface area contributed by atoms with Gasteiger partial charge in [-0.3, -0.25) is 14.4 Å². The largest absolute Gasteiger partial charge is 0.497 e. The maximum Gasteiger partial charge on any atom is 0.264 e. The Balaban J connectivity index is 1.23. The first-order valence-corrected chi connectivity index (χ1v) is 22.0. The van der Waals surface area contributed by atoms with Crippen molar-refractivity contribution in [3.8, 4) is 11.5 Å². The molecule has 12 heteroatoms. The van der Waals surface area contributed by atoms with Crippen LogP contribution in [0.25, 0.3) is 0 Å². The van der Waals surface area contributed by atoms with Gasteiger partial charge in [-0.25, -0.2) is 0 Å². The van der Waals surface area contributed by atoms with E-state index in [1.807, 2.05) is 54.6 Å². The number of nitrogens with zero attached hydrogens (tertiary/aromatic N) is 2. The van der Waals surface area contributed by atoms with Crippen LogP contribution in [0, 0.1) is 5.92 Å². The normalized spacial score (nSPS) is 23.3. The van der Waals surface area contributed by atoms with E-state index in [0.29, 0.717) is 29.2 Å². The third kappa shape index (κ3) is 6.87. The second-order valence-corrected chi connectivity index (χ2v) is 20.2. The molecule has 0 saturated carbocycles. The van der Waals surface area contributed by atoms with Gasteiger partial charge in [-0.2, -0.15) is 0 Å². The molecule has 5 atom stereocenters. The predicted octanol–water partition coefficient (Wildman–Crippen LogP) is 5.67. The van der Waals surface area contributed by atoms with E-state index in [1.165, 1.54) is 5.19 Å². The van der Waals surface area contributed by atoms with Gasteiger partial charge in [0, 0.05) is 35.0 Å². The van der Waals surface area contributed by atoms with Crippen LogP contribution < -0.4 is 30.6 Å². The van der Waals surface area contributed by atoms with Gasteiger partial charge in [0.15, 0.2) is 5.60 Å². The lowest BCUT2D eigenvalue weighted by Crippen LogP contribution is -2.52. The topological polar surface area (TPSA) is 144 Å². The number of nitrogens with two attached hydrogens (primary N) is 1. The summed E-state index contributed by atoms with van der Waals surface area (Å²) in [6, 6.07) is 27.8. The first kappa shape index (κ1) is 38.1. The molecule has 1 spiro atoms. The van der Waals surface area contributed by atoms with E-state index in [9.17, 15) is 14.7 Å². The molecule has 11 nitrogen and oxygen atoms in total. The van der Waals surface area contributed by atoms with Crippen LogP contribution in [0.3, 0.4) is 0 Å². The van der Waals surface area contributed by atoms with Gasteiger partial charge >= 0.3 is 0 Å². The molecule has 0 aromatic heterocycles. The zero-order chi connectivity index (χ0) is 39.1. The number of carbonyl (C=O) groups excluding carboxylic acids is 3. The molecule has 0 bridgehead atoms. The van der Waals surface area contributed by atoms with Gasteiger partial charge in [-0.15, -0.1) is 0 Å². The Morgan fingerprint density at radius 2 is 1.64 bits per heavy atom. The van der Waals surface area contributed by atoms with E-state index in [-0.39, 0.29) is 54.8 Å². The van der Waals surface area contributed by atoms with Crippen molar-refractivity contribution in [2.24, 2.45) is 5.92 Å². The summed E-state index contributed by atoms with van der Waals surface area (Å²) in [4.78, 5) is 45.7. The Labute approximate surface area is 323 Å². The predicted molar refractivity (Wildman–Crippen MR) is 215 cm³/mol. The van der Waals surface area contributed by atoms with Crippen LogP contribution in [0.5, 0.6) is 11.5 Å². The minimum atomic E-state index is -2.49. The lowest BCUT2D eigenvalue weighted by atomic mass is 9.82. The molecule has 2 saturated heterocycles. The molecule has 0 radical (unpaired) electrons. The Morgan fingerprint density at radius 1 is 0.964 bits per heavy atom. The molecule has 4 aromatic carbocycles. The minimum Gasteiger partial charge on any atom is -0.497 e. The second kappa shape index (κ2) is 15.2. The Bertz CT molecular complexity index is 2060.